The molecule has 0 bridgehead atoms. The van der Waals surface area contributed by atoms with Crippen LogP contribution in [0.5, 0.6) is 17.2 Å². The van der Waals surface area contributed by atoms with Crippen molar-refractivity contribution < 1.29 is 26.9 Å². The summed E-state index contributed by atoms with van der Waals surface area (Å²) in [6.07, 6.45) is 1.40. The lowest BCUT2D eigenvalue weighted by atomic mass is 10.2. The first-order valence-electron chi connectivity index (χ1n) is 9.98. The molecule has 0 aliphatic carbocycles. The molecular formula is C23H19Br2ClN2O6S. The number of hydrogen-bond acceptors (Lipinski definition) is 7. The Morgan fingerprint density at radius 3 is 2.31 bits per heavy atom. The van der Waals surface area contributed by atoms with E-state index in [0.717, 1.165) is 0 Å². The van der Waals surface area contributed by atoms with E-state index in [9.17, 15) is 13.2 Å². The predicted octanol–water partition coefficient (Wildman–Crippen LogP) is 5.80. The molecule has 0 heterocycles. The van der Waals surface area contributed by atoms with Crippen LogP contribution in [-0.4, -0.2) is 34.3 Å². The average Bonchev–Trinajstić information content (AvgIpc) is 2.82. The van der Waals surface area contributed by atoms with Crippen LogP contribution in [0.3, 0.4) is 0 Å². The molecule has 0 atom stereocenters. The number of ether oxygens (including phenoxy) is 2. The van der Waals surface area contributed by atoms with E-state index in [4.69, 9.17) is 25.3 Å². The molecule has 3 aromatic carbocycles. The summed E-state index contributed by atoms with van der Waals surface area (Å²) in [7, 11) is -2.57. The molecule has 12 heteroatoms. The second-order valence-corrected chi connectivity index (χ2v) is 10.5. The third-order valence-corrected chi connectivity index (χ3v) is 7.09. The van der Waals surface area contributed by atoms with Crippen LogP contribution in [0.1, 0.15) is 22.8 Å². The van der Waals surface area contributed by atoms with Gasteiger partial charge in [0.25, 0.3) is 5.91 Å². The molecule has 184 valence electrons. The summed E-state index contributed by atoms with van der Waals surface area (Å²) in [6.45, 7) is 2.25. The first-order chi connectivity index (χ1) is 16.6. The highest BCUT2D eigenvalue weighted by atomic mass is 79.9. The third-order valence-electron chi connectivity index (χ3n) is 4.42. The zero-order valence-corrected chi connectivity index (χ0v) is 23.2. The number of halogens is 3. The minimum atomic E-state index is -4.09. The molecule has 3 rings (SSSR count). The van der Waals surface area contributed by atoms with E-state index in [0.29, 0.717) is 43.2 Å². The van der Waals surface area contributed by atoms with Crippen LogP contribution in [0.25, 0.3) is 0 Å². The lowest BCUT2D eigenvalue weighted by molar-refractivity contribution is 0.0954. The Bertz CT molecular complexity index is 1340. The molecule has 0 radical (unpaired) electrons. The lowest BCUT2D eigenvalue weighted by Gasteiger charge is -2.11. The molecule has 0 saturated heterocycles. The number of rotatable bonds is 9. The second kappa shape index (κ2) is 11.9. The maximum Gasteiger partial charge on any atom is 0.339 e. The van der Waals surface area contributed by atoms with Crippen LogP contribution in [0.4, 0.5) is 0 Å². The van der Waals surface area contributed by atoms with Crippen molar-refractivity contribution in [1.29, 1.82) is 0 Å². The molecule has 0 unspecified atom stereocenters. The molecule has 0 aliphatic heterocycles. The van der Waals surface area contributed by atoms with E-state index in [1.165, 1.54) is 37.6 Å². The van der Waals surface area contributed by atoms with Gasteiger partial charge in [0.05, 0.1) is 28.9 Å². The number of benzene rings is 3. The predicted molar refractivity (Wildman–Crippen MR) is 140 cm³/mol. The van der Waals surface area contributed by atoms with Crippen molar-refractivity contribution in [3.8, 4) is 17.2 Å². The average molecular weight is 647 g/mol. The van der Waals surface area contributed by atoms with Crippen molar-refractivity contribution in [2.75, 3.05) is 13.7 Å². The topological polar surface area (TPSA) is 103 Å². The monoisotopic (exact) mass is 644 g/mol. The molecule has 1 N–H and O–H groups in total. The fourth-order valence-electron chi connectivity index (χ4n) is 2.81. The summed E-state index contributed by atoms with van der Waals surface area (Å²) < 4.78 is 41.9. The van der Waals surface area contributed by atoms with Gasteiger partial charge in [-0.05, 0) is 98.9 Å². The van der Waals surface area contributed by atoms with Gasteiger partial charge in [-0.1, -0.05) is 11.6 Å². The van der Waals surface area contributed by atoms with E-state index >= 15 is 0 Å². The summed E-state index contributed by atoms with van der Waals surface area (Å²) in [5.41, 5.74) is 3.34. The summed E-state index contributed by atoms with van der Waals surface area (Å²) in [5.74, 6) is 0.574. The molecule has 0 aromatic heterocycles. The van der Waals surface area contributed by atoms with Gasteiger partial charge in [-0.3, -0.25) is 4.79 Å². The van der Waals surface area contributed by atoms with E-state index in [2.05, 4.69) is 42.4 Å². The number of amides is 1. The fraction of sp³-hybridized carbons (Fsp3) is 0.130. The van der Waals surface area contributed by atoms with Gasteiger partial charge in [0.1, 0.15) is 4.90 Å². The highest BCUT2D eigenvalue weighted by Crippen LogP contribution is 2.36. The van der Waals surface area contributed by atoms with Crippen molar-refractivity contribution in [2.24, 2.45) is 5.10 Å². The molecule has 0 fully saturated rings. The molecule has 35 heavy (non-hydrogen) atoms. The minimum Gasteiger partial charge on any atom is -0.493 e. The number of hydrogen-bond donors (Lipinski definition) is 1. The Labute approximate surface area is 224 Å². The van der Waals surface area contributed by atoms with E-state index in [1.807, 2.05) is 6.92 Å². The molecule has 0 saturated carbocycles. The fourth-order valence-corrected chi connectivity index (χ4v) is 5.50. The van der Waals surface area contributed by atoms with Gasteiger partial charge in [0.2, 0.25) is 0 Å². The van der Waals surface area contributed by atoms with Crippen molar-refractivity contribution in [1.82, 2.24) is 5.43 Å². The first kappa shape index (κ1) is 27.0. The standard InChI is InChI=1S/C23H19Br2ClN2O6S/c1-3-33-21-12-15(4-9-20(21)32-2)23(29)28-27-13-14-10-18(24)22(19(25)11-14)34-35(30,31)17-7-5-16(26)6-8-17/h4-13H,3H2,1-2H3,(H,28,29)/b27-13+. The van der Waals surface area contributed by atoms with E-state index < -0.39 is 16.0 Å². The first-order valence-corrected chi connectivity index (χ1v) is 13.3. The number of nitrogens with one attached hydrogen (secondary N) is 1. The Morgan fingerprint density at radius 2 is 1.71 bits per heavy atom. The number of carbonyl (C=O) groups excluding carboxylic acids is 1. The normalized spacial score (nSPS) is 11.3. The lowest BCUT2D eigenvalue weighted by Crippen LogP contribution is -2.17. The van der Waals surface area contributed by atoms with Gasteiger partial charge < -0.3 is 13.7 Å². The zero-order chi connectivity index (χ0) is 25.6. The van der Waals surface area contributed by atoms with E-state index in [-0.39, 0.29) is 10.6 Å². The summed E-state index contributed by atoms with van der Waals surface area (Å²) >= 11 is 12.4. The van der Waals surface area contributed by atoms with Crippen LogP contribution in [-0.2, 0) is 10.1 Å². The molecule has 8 nitrogen and oxygen atoms in total. The number of nitrogens with zero attached hydrogens (tertiary/aromatic N) is 1. The molecule has 0 spiro atoms. The highest BCUT2D eigenvalue weighted by Gasteiger charge is 2.20. The van der Waals surface area contributed by atoms with Gasteiger partial charge in [0, 0.05) is 10.6 Å². The van der Waals surface area contributed by atoms with Crippen LogP contribution in [0, 0.1) is 0 Å². The third kappa shape index (κ3) is 6.97. The Morgan fingerprint density at radius 1 is 1.06 bits per heavy atom. The van der Waals surface area contributed by atoms with Gasteiger partial charge in [-0.25, -0.2) is 5.43 Å². The van der Waals surface area contributed by atoms with Crippen molar-refractivity contribution >= 4 is 65.7 Å². The van der Waals surface area contributed by atoms with Crippen molar-refractivity contribution in [3.63, 3.8) is 0 Å². The van der Waals surface area contributed by atoms with E-state index in [1.54, 1.807) is 30.3 Å². The molecule has 1 amide bonds. The maximum absolute atomic E-state index is 12.6. The van der Waals surface area contributed by atoms with Crippen LogP contribution < -0.4 is 19.1 Å². The largest absolute Gasteiger partial charge is 0.493 e. The Hall–Kier alpha value is -2.60. The zero-order valence-electron chi connectivity index (χ0n) is 18.4. The van der Waals surface area contributed by atoms with Gasteiger partial charge >= 0.3 is 10.1 Å². The van der Waals surface area contributed by atoms with Gasteiger partial charge in [-0.2, -0.15) is 13.5 Å². The molecule has 0 aliphatic rings. The summed E-state index contributed by atoms with van der Waals surface area (Å²) in [4.78, 5) is 12.4. The van der Waals surface area contributed by atoms with Crippen molar-refractivity contribution in [2.45, 2.75) is 11.8 Å². The molecular weight excluding hydrogens is 628 g/mol. The highest BCUT2D eigenvalue weighted by molar-refractivity contribution is 9.11. The van der Waals surface area contributed by atoms with Gasteiger partial charge in [0.15, 0.2) is 17.2 Å². The Kier molecular flexibility index (Phi) is 9.17. The quantitative estimate of drug-likeness (QED) is 0.179. The number of methoxy groups -OCH3 is 1. The van der Waals surface area contributed by atoms with Crippen LogP contribution >= 0.6 is 43.5 Å². The summed E-state index contributed by atoms with van der Waals surface area (Å²) in [6, 6.07) is 13.6. The van der Waals surface area contributed by atoms with Gasteiger partial charge in [-0.15, -0.1) is 0 Å². The van der Waals surface area contributed by atoms with Crippen LogP contribution in [0.2, 0.25) is 5.02 Å². The number of hydrazone groups is 1. The second-order valence-electron chi connectivity index (χ2n) is 6.80. The van der Waals surface area contributed by atoms with Crippen LogP contribution in [0.15, 0.2) is 73.5 Å². The summed E-state index contributed by atoms with van der Waals surface area (Å²) in [5, 5.41) is 4.37. The van der Waals surface area contributed by atoms with Crippen molar-refractivity contribution in [3.05, 3.63) is 79.7 Å². The maximum atomic E-state index is 12.6. The minimum absolute atomic E-state index is 0.0416. The smallest absolute Gasteiger partial charge is 0.339 e. The number of carbonyl (C=O) groups is 1. The Balaban J connectivity index is 1.73. The molecule has 3 aromatic rings. The SMILES string of the molecule is CCOc1cc(C(=O)N/N=C/c2cc(Br)c(OS(=O)(=O)c3ccc(Cl)cc3)c(Br)c2)ccc1OC.